The molecule has 2 aromatic carbocycles. The predicted octanol–water partition coefficient (Wildman–Crippen LogP) is 5.50. The molecule has 27 heavy (non-hydrogen) atoms. The van der Waals surface area contributed by atoms with Crippen molar-refractivity contribution in [3.8, 4) is 5.75 Å². The zero-order valence-electron chi connectivity index (χ0n) is 16.9. The third kappa shape index (κ3) is 6.10. The second-order valence-corrected chi connectivity index (χ2v) is 7.10. The number of carbonyl (C=O) groups is 1. The second kappa shape index (κ2) is 10.1. The highest BCUT2D eigenvalue weighted by atomic mass is 16.5. The molecule has 2 aromatic rings. The smallest absolute Gasteiger partial charge is 0.256 e. The van der Waals surface area contributed by atoms with Gasteiger partial charge in [0, 0.05) is 12.8 Å². The number of benzene rings is 2. The molecule has 146 valence electrons. The lowest BCUT2D eigenvalue weighted by molar-refractivity contribution is -0.136. The van der Waals surface area contributed by atoms with Crippen LogP contribution in [0.25, 0.3) is 0 Å². The number of hydrogen-bond acceptors (Lipinski definition) is 3. The van der Waals surface area contributed by atoms with Gasteiger partial charge in [0.25, 0.3) is 5.91 Å². The molecule has 0 spiro atoms. The van der Waals surface area contributed by atoms with Crippen molar-refractivity contribution in [1.29, 1.82) is 0 Å². The van der Waals surface area contributed by atoms with Crippen LogP contribution in [0.1, 0.15) is 50.7 Å². The Morgan fingerprint density at radius 3 is 2.48 bits per heavy atom. The van der Waals surface area contributed by atoms with Crippen LogP contribution in [0.2, 0.25) is 0 Å². The van der Waals surface area contributed by atoms with Crippen LogP contribution in [-0.4, -0.2) is 18.6 Å². The van der Waals surface area contributed by atoms with Gasteiger partial charge in [-0.2, -0.15) is 0 Å². The van der Waals surface area contributed by atoms with Gasteiger partial charge in [0.1, 0.15) is 18.0 Å². The van der Waals surface area contributed by atoms with Crippen LogP contribution in [-0.2, 0) is 16.1 Å². The number of unbranched alkanes of at least 4 members (excludes halogenated alkanes) is 2. The molecule has 1 N–H and O–H groups in total. The van der Waals surface area contributed by atoms with E-state index in [1.807, 2.05) is 62.4 Å². The molecule has 0 saturated carbocycles. The second-order valence-electron chi connectivity index (χ2n) is 7.10. The van der Waals surface area contributed by atoms with Crippen molar-refractivity contribution in [2.45, 2.75) is 58.7 Å². The fourth-order valence-corrected chi connectivity index (χ4v) is 2.91. The number of aryl methyl sites for hydroxylation is 1. The minimum absolute atomic E-state index is 0.113. The van der Waals surface area contributed by atoms with E-state index in [0.717, 1.165) is 41.8 Å². The zero-order chi connectivity index (χ0) is 19.7. The van der Waals surface area contributed by atoms with Gasteiger partial charge in [-0.1, -0.05) is 56.5 Å². The highest BCUT2D eigenvalue weighted by Crippen LogP contribution is 2.25. The van der Waals surface area contributed by atoms with Crippen LogP contribution in [0, 0.1) is 6.92 Å². The van der Waals surface area contributed by atoms with E-state index in [1.165, 1.54) is 0 Å². The van der Waals surface area contributed by atoms with E-state index in [1.54, 1.807) is 7.11 Å². The van der Waals surface area contributed by atoms with Gasteiger partial charge in [0.05, 0.1) is 0 Å². The zero-order valence-corrected chi connectivity index (χ0v) is 16.9. The lowest BCUT2D eigenvalue weighted by Gasteiger charge is -2.27. The van der Waals surface area contributed by atoms with Gasteiger partial charge < -0.3 is 14.8 Å². The van der Waals surface area contributed by atoms with Gasteiger partial charge in [-0.15, -0.1) is 0 Å². The number of nitrogens with one attached hydrogen (secondary N) is 1. The number of rotatable bonds is 10. The summed E-state index contributed by atoms with van der Waals surface area (Å²) in [4.78, 5) is 12.7. The molecule has 4 nitrogen and oxygen atoms in total. The summed E-state index contributed by atoms with van der Waals surface area (Å²) in [5.41, 5.74) is 2.04. The van der Waals surface area contributed by atoms with E-state index < -0.39 is 5.60 Å². The van der Waals surface area contributed by atoms with E-state index in [0.29, 0.717) is 13.0 Å². The van der Waals surface area contributed by atoms with Crippen LogP contribution in [0.4, 0.5) is 5.69 Å². The summed E-state index contributed by atoms with van der Waals surface area (Å²) < 4.78 is 11.4. The first-order valence-electron chi connectivity index (χ1n) is 9.62. The molecule has 0 aliphatic carbocycles. The predicted molar refractivity (Wildman–Crippen MR) is 110 cm³/mol. The minimum atomic E-state index is -0.814. The summed E-state index contributed by atoms with van der Waals surface area (Å²) in [7, 11) is 1.59. The Morgan fingerprint density at radius 1 is 1.11 bits per heavy atom. The van der Waals surface area contributed by atoms with Gasteiger partial charge in [0.15, 0.2) is 0 Å². The standard InChI is InChI=1S/C23H31NO3/c1-5-6-10-15-23(3,26-4)22(25)24-20-13-14-21(18(2)16-20)27-17-19-11-8-7-9-12-19/h7-9,11-14,16H,5-6,10,15,17H2,1-4H3,(H,24,25)/t23-/m1/s1. The molecule has 0 bridgehead atoms. The molecule has 1 amide bonds. The van der Waals surface area contributed by atoms with E-state index in [9.17, 15) is 4.79 Å². The Morgan fingerprint density at radius 2 is 1.85 bits per heavy atom. The number of methoxy groups -OCH3 is 1. The third-order valence-electron chi connectivity index (χ3n) is 4.86. The lowest BCUT2D eigenvalue weighted by atomic mass is 9.97. The maximum Gasteiger partial charge on any atom is 0.256 e. The molecule has 0 aliphatic rings. The normalized spacial score (nSPS) is 13.0. The SMILES string of the molecule is CCCCC[C@@](C)(OC)C(=O)Nc1ccc(OCc2ccccc2)c(C)c1. The summed E-state index contributed by atoms with van der Waals surface area (Å²) >= 11 is 0. The molecule has 0 aliphatic heterocycles. The van der Waals surface area contributed by atoms with Gasteiger partial charge in [-0.25, -0.2) is 0 Å². The highest BCUT2D eigenvalue weighted by molar-refractivity contribution is 5.97. The summed E-state index contributed by atoms with van der Waals surface area (Å²) in [5.74, 6) is 0.702. The largest absolute Gasteiger partial charge is 0.489 e. The van der Waals surface area contributed by atoms with Crippen molar-refractivity contribution in [3.63, 3.8) is 0 Å². The number of anilines is 1. The Labute approximate surface area is 162 Å². The fraction of sp³-hybridized carbons (Fsp3) is 0.435. The average Bonchev–Trinajstić information content (AvgIpc) is 2.68. The number of ether oxygens (including phenoxy) is 2. The van der Waals surface area contributed by atoms with Crippen molar-refractivity contribution in [2.24, 2.45) is 0 Å². The van der Waals surface area contributed by atoms with Crippen LogP contribution in [0.3, 0.4) is 0 Å². The van der Waals surface area contributed by atoms with Gasteiger partial charge in [0.2, 0.25) is 0 Å². The Balaban J connectivity index is 1.98. The molecular weight excluding hydrogens is 338 g/mol. The van der Waals surface area contributed by atoms with Crippen LogP contribution >= 0.6 is 0 Å². The number of amides is 1. The molecule has 0 aromatic heterocycles. The molecule has 2 rings (SSSR count). The van der Waals surface area contributed by atoms with Crippen LogP contribution in [0.5, 0.6) is 5.75 Å². The number of carbonyl (C=O) groups excluding carboxylic acids is 1. The van der Waals surface area contributed by atoms with E-state index in [-0.39, 0.29) is 5.91 Å². The van der Waals surface area contributed by atoms with E-state index >= 15 is 0 Å². The van der Waals surface area contributed by atoms with Crippen molar-refractivity contribution in [2.75, 3.05) is 12.4 Å². The van der Waals surface area contributed by atoms with Gasteiger partial charge >= 0.3 is 0 Å². The minimum Gasteiger partial charge on any atom is -0.489 e. The maximum atomic E-state index is 12.7. The summed E-state index contributed by atoms with van der Waals surface area (Å²) in [6, 6.07) is 15.8. The van der Waals surface area contributed by atoms with E-state index in [2.05, 4.69) is 12.2 Å². The first-order valence-corrected chi connectivity index (χ1v) is 9.62. The molecule has 0 radical (unpaired) electrons. The van der Waals surface area contributed by atoms with Crippen LogP contribution < -0.4 is 10.1 Å². The van der Waals surface area contributed by atoms with Crippen molar-refractivity contribution >= 4 is 11.6 Å². The maximum absolute atomic E-state index is 12.7. The molecule has 4 heteroatoms. The van der Waals surface area contributed by atoms with Crippen LogP contribution in [0.15, 0.2) is 48.5 Å². The molecule has 0 fully saturated rings. The van der Waals surface area contributed by atoms with Gasteiger partial charge in [-0.05, 0) is 49.6 Å². The molecule has 1 atom stereocenters. The highest BCUT2D eigenvalue weighted by Gasteiger charge is 2.32. The quantitative estimate of drug-likeness (QED) is 0.563. The summed E-state index contributed by atoms with van der Waals surface area (Å²) in [6.07, 6.45) is 3.89. The molecule has 0 heterocycles. The summed E-state index contributed by atoms with van der Waals surface area (Å²) in [5, 5.41) is 2.98. The Kier molecular flexibility index (Phi) is 7.86. The van der Waals surface area contributed by atoms with Gasteiger partial charge in [-0.3, -0.25) is 4.79 Å². The third-order valence-corrected chi connectivity index (χ3v) is 4.86. The van der Waals surface area contributed by atoms with Crippen molar-refractivity contribution in [3.05, 3.63) is 59.7 Å². The lowest BCUT2D eigenvalue weighted by Crippen LogP contribution is -2.41. The molecular formula is C23H31NO3. The van der Waals surface area contributed by atoms with E-state index in [4.69, 9.17) is 9.47 Å². The van der Waals surface area contributed by atoms with Crippen molar-refractivity contribution < 1.29 is 14.3 Å². The molecule has 0 unspecified atom stereocenters. The monoisotopic (exact) mass is 369 g/mol. The fourth-order valence-electron chi connectivity index (χ4n) is 2.91. The Bertz CT molecular complexity index is 730. The van der Waals surface area contributed by atoms with Crippen molar-refractivity contribution in [1.82, 2.24) is 0 Å². The molecule has 0 saturated heterocycles. The topological polar surface area (TPSA) is 47.6 Å². The Hall–Kier alpha value is -2.33. The first kappa shape index (κ1) is 21.0. The summed E-state index contributed by atoms with van der Waals surface area (Å²) in [6.45, 7) is 6.50. The first-order chi connectivity index (χ1) is 13.0. The number of hydrogen-bond donors (Lipinski definition) is 1. The average molecular weight is 370 g/mol.